The first kappa shape index (κ1) is 28.4. The average molecular weight is 667 g/mol. The molecule has 2 heterocycles. The van der Waals surface area contributed by atoms with Gasteiger partial charge in [0.25, 0.3) is 0 Å². The molecule has 0 aliphatic carbocycles. The first-order chi connectivity index (χ1) is 25.3. The molecular weight excluding hydrogens is 637 g/mol. The molecule has 3 heteroatoms. The van der Waals surface area contributed by atoms with Crippen molar-refractivity contribution >= 4 is 103 Å². The zero-order chi connectivity index (χ0) is 33.5. The summed E-state index contributed by atoms with van der Waals surface area (Å²) in [4.78, 5) is 2.48. The van der Waals surface area contributed by atoms with Crippen molar-refractivity contribution in [2.45, 2.75) is 0 Å². The molecule has 11 aromatic rings. The number of nitrogens with zero attached hydrogens (tertiary/aromatic N) is 2. The van der Waals surface area contributed by atoms with E-state index in [9.17, 15) is 0 Å². The Kier molecular flexibility index (Phi) is 6.16. The molecule has 11 rings (SSSR count). The third-order valence-electron chi connectivity index (χ3n) is 10.5. The Hall–Kier alpha value is -6.42. The maximum Gasteiger partial charge on any atom is 0.0546 e. The number of hydrogen-bond acceptors (Lipinski definition) is 2. The second kappa shape index (κ2) is 11.0. The average Bonchev–Trinajstić information content (AvgIpc) is 3.72. The predicted octanol–water partition coefficient (Wildman–Crippen LogP) is 14.1. The molecule has 0 saturated carbocycles. The summed E-state index contributed by atoms with van der Waals surface area (Å²) in [5, 5.41) is 12.6. The molecule has 9 aromatic carbocycles. The zero-order valence-corrected chi connectivity index (χ0v) is 28.4. The number of thiophene rings is 1. The van der Waals surface area contributed by atoms with Crippen molar-refractivity contribution in [1.29, 1.82) is 0 Å². The second-order valence-electron chi connectivity index (χ2n) is 13.4. The van der Waals surface area contributed by atoms with Crippen LogP contribution in [-0.2, 0) is 0 Å². The van der Waals surface area contributed by atoms with Crippen LogP contribution in [0.5, 0.6) is 0 Å². The largest absolute Gasteiger partial charge is 0.310 e. The highest BCUT2D eigenvalue weighted by atomic mass is 32.1. The van der Waals surface area contributed by atoms with Crippen molar-refractivity contribution in [1.82, 2.24) is 4.57 Å². The number of fused-ring (bicyclic) bond motifs is 10. The number of rotatable bonds is 4. The van der Waals surface area contributed by atoms with Gasteiger partial charge >= 0.3 is 0 Å². The third kappa shape index (κ3) is 4.35. The van der Waals surface area contributed by atoms with Crippen molar-refractivity contribution in [2.24, 2.45) is 0 Å². The number of anilines is 3. The molecular formula is C48H30N2S. The molecule has 51 heavy (non-hydrogen) atoms. The summed E-state index contributed by atoms with van der Waals surface area (Å²) in [6.07, 6.45) is 0. The summed E-state index contributed by atoms with van der Waals surface area (Å²) in [6, 6.07) is 66.8. The van der Waals surface area contributed by atoms with E-state index in [1.54, 1.807) is 0 Å². The van der Waals surface area contributed by atoms with E-state index in [0.717, 1.165) is 17.1 Å². The molecule has 238 valence electrons. The SMILES string of the molecule is c1ccc(-n2c3ccccc3c3cc(N(c4ccc5c(c4)sc4cc6ccccc6cc45)c4cc5ccccc5c5ccccc45)ccc32)cc1. The van der Waals surface area contributed by atoms with Gasteiger partial charge in [-0.05, 0) is 93.7 Å². The normalized spacial score (nSPS) is 11.9. The van der Waals surface area contributed by atoms with E-state index in [2.05, 4.69) is 191 Å². The van der Waals surface area contributed by atoms with E-state index >= 15 is 0 Å². The van der Waals surface area contributed by atoms with Crippen LogP contribution in [-0.4, -0.2) is 4.57 Å². The lowest BCUT2D eigenvalue weighted by molar-refractivity contribution is 1.18. The maximum absolute atomic E-state index is 2.48. The summed E-state index contributed by atoms with van der Waals surface area (Å²) >= 11 is 1.88. The van der Waals surface area contributed by atoms with E-state index in [-0.39, 0.29) is 0 Å². The Morgan fingerprint density at radius 2 is 0.961 bits per heavy atom. The van der Waals surface area contributed by atoms with Gasteiger partial charge in [0, 0.05) is 53.4 Å². The van der Waals surface area contributed by atoms with Crippen molar-refractivity contribution < 1.29 is 0 Å². The molecule has 0 saturated heterocycles. The van der Waals surface area contributed by atoms with Crippen LogP contribution in [0.3, 0.4) is 0 Å². The molecule has 0 atom stereocenters. The lowest BCUT2D eigenvalue weighted by Crippen LogP contribution is -2.10. The molecule has 2 aromatic heterocycles. The van der Waals surface area contributed by atoms with Gasteiger partial charge in [-0.25, -0.2) is 0 Å². The minimum Gasteiger partial charge on any atom is -0.310 e. The van der Waals surface area contributed by atoms with Gasteiger partial charge in [0.2, 0.25) is 0 Å². The van der Waals surface area contributed by atoms with Gasteiger partial charge in [-0.1, -0.05) is 115 Å². The molecule has 0 N–H and O–H groups in total. The van der Waals surface area contributed by atoms with Crippen molar-refractivity contribution in [3.63, 3.8) is 0 Å². The van der Waals surface area contributed by atoms with E-state index < -0.39 is 0 Å². The Morgan fingerprint density at radius 3 is 1.80 bits per heavy atom. The van der Waals surface area contributed by atoms with Gasteiger partial charge in [0.1, 0.15) is 0 Å². The molecule has 0 radical (unpaired) electrons. The maximum atomic E-state index is 2.48. The first-order valence-electron chi connectivity index (χ1n) is 17.4. The van der Waals surface area contributed by atoms with Crippen LogP contribution in [0, 0.1) is 0 Å². The van der Waals surface area contributed by atoms with Crippen LogP contribution in [0.2, 0.25) is 0 Å². The number of hydrogen-bond donors (Lipinski definition) is 0. The van der Waals surface area contributed by atoms with E-state index in [4.69, 9.17) is 0 Å². The van der Waals surface area contributed by atoms with Crippen LogP contribution < -0.4 is 4.90 Å². The fourth-order valence-corrected chi connectivity index (χ4v) is 9.36. The van der Waals surface area contributed by atoms with Crippen molar-refractivity contribution in [2.75, 3.05) is 4.90 Å². The zero-order valence-electron chi connectivity index (χ0n) is 27.6. The molecule has 0 spiro atoms. The van der Waals surface area contributed by atoms with Gasteiger partial charge in [-0.3, -0.25) is 0 Å². The molecule has 0 amide bonds. The van der Waals surface area contributed by atoms with E-state index in [1.165, 1.54) is 80.0 Å². The Bertz CT molecular complexity index is 3150. The van der Waals surface area contributed by atoms with Crippen LogP contribution in [0.25, 0.3) is 80.0 Å². The Morgan fingerprint density at radius 1 is 0.353 bits per heavy atom. The van der Waals surface area contributed by atoms with Crippen LogP contribution in [0.4, 0.5) is 17.1 Å². The Labute approximate surface area is 298 Å². The molecule has 0 aliphatic heterocycles. The number of para-hydroxylation sites is 2. The molecule has 0 aliphatic rings. The fourth-order valence-electron chi connectivity index (χ4n) is 8.19. The number of aromatic nitrogens is 1. The van der Waals surface area contributed by atoms with Crippen LogP contribution >= 0.6 is 11.3 Å². The highest BCUT2D eigenvalue weighted by molar-refractivity contribution is 7.25. The first-order valence-corrected chi connectivity index (χ1v) is 18.2. The lowest BCUT2D eigenvalue weighted by atomic mass is 9.98. The summed E-state index contributed by atoms with van der Waals surface area (Å²) in [5.74, 6) is 0. The highest BCUT2D eigenvalue weighted by Crippen LogP contribution is 2.46. The second-order valence-corrected chi connectivity index (χ2v) is 14.4. The van der Waals surface area contributed by atoms with Crippen molar-refractivity contribution in [3.8, 4) is 5.69 Å². The monoisotopic (exact) mass is 666 g/mol. The smallest absolute Gasteiger partial charge is 0.0546 e. The van der Waals surface area contributed by atoms with Gasteiger partial charge in [-0.2, -0.15) is 0 Å². The topological polar surface area (TPSA) is 8.17 Å². The quantitative estimate of drug-likeness (QED) is 0.170. The lowest BCUT2D eigenvalue weighted by Gasteiger charge is -2.28. The van der Waals surface area contributed by atoms with Crippen LogP contribution in [0.15, 0.2) is 182 Å². The van der Waals surface area contributed by atoms with Gasteiger partial charge in [0.05, 0.1) is 16.7 Å². The van der Waals surface area contributed by atoms with Crippen molar-refractivity contribution in [3.05, 3.63) is 182 Å². The number of benzene rings is 9. The van der Waals surface area contributed by atoms with Gasteiger partial charge in [-0.15, -0.1) is 11.3 Å². The predicted molar refractivity (Wildman–Crippen MR) is 221 cm³/mol. The summed E-state index contributed by atoms with van der Waals surface area (Å²) in [5.41, 5.74) is 7.01. The van der Waals surface area contributed by atoms with Crippen LogP contribution in [0.1, 0.15) is 0 Å². The minimum atomic E-state index is 1.13. The fraction of sp³-hybridized carbons (Fsp3) is 0. The van der Waals surface area contributed by atoms with E-state index in [0.29, 0.717) is 0 Å². The molecule has 0 bridgehead atoms. The molecule has 0 unspecified atom stereocenters. The summed E-state index contributed by atoms with van der Waals surface area (Å²) in [7, 11) is 0. The molecule has 2 nitrogen and oxygen atoms in total. The molecule has 0 fully saturated rings. The summed E-state index contributed by atoms with van der Waals surface area (Å²) in [6.45, 7) is 0. The standard InChI is InChI=1S/C48H30N2S/c1-2-15-34(16-3-1)50-44-21-11-10-20-40(44)42-29-35(23-25-45(42)50)49(46-27-33-14-6-7-17-37(33)38-18-8-9-19-39(38)46)36-22-24-41-43-26-31-12-4-5-13-32(31)28-47(43)51-48(41)30-36/h1-30H. The highest BCUT2D eigenvalue weighted by Gasteiger charge is 2.21. The van der Waals surface area contributed by atoms with E-state index in [1.807, 2.05) is 11.3 Å². The van der Waals surface area contributed by atoms with Gasteiger partial charge < -0.3 is 9.47 Å². The summed E-state index contributed by atoms with van der Waals surface area (Å²) < 4.78 is 4.99. The minimum absolute atomic E-state index is 1.13. The Balaban J connectivity index is 1.20. The third-order valence-corrected chi connectivity index (χ3v) is 11.6. The van der Waals surface area contributed by atoms with Gasteiger partial charge in [0.15, 0.2) is 0 Å².